The molecule has 2 aliphatic rings. The Kier molecular flexibility index (Phi) is 5.87. The van der Waals surface area contributed by atoms with E-state index in [4.69, 9.17) is 0 Å². The smallest absolute Gasteiger partial charge is 0.225 e. The first-order valence-corrected chi connectivity index (χ1v) is 9.05. The van der Waals surface area contributed by atoms with Crippen molar-refractivity contribution in [3.05, 3.63) is 42.0 Å². The Labute approximate surface area is 140 Å². The lowest BCUT2D eigenvalue weighted by atomic mass is 9.94. The van der Waals surface area contributed by atoms with Gasteiger partial charge >= 0.3 is 0 Å². The normalized spacial score (nSPS) is 21.0. The van der Waals surface area contributed by atoms with Crippen molar-refractivity contribution in [3.63, 3.8) is 0 Å². The average molecular weight is 312 g/mol. The monoisotopic (exact) mass is 312 g/mol. The van der Waals surface area contributed by atoms with Crippen molar-refractivity contribution in [2.24, 2.45) is 5.92 Å². The lowest BCUT2D eigenvalue weighted by Gasteiger charge is -2.35. The summed E-state index contributed by atoms with van der Waals surface area (Å²) in [5.74, 6) is 0.687. The Hall–Kier alpha value is -1.61. The third kappa shape index (κ3) is 4.68. The standard InChI is InChI=1S/C20H28N2O/c23-20(22-14-5-2-6-15-22)19-11-16-21(17-12-19)13-7-10-18-8-3-1-4-9-18/h1,3-4,7-10,19H,2,5-6,11-17H2/b10-7+. The zero-order valence-corrected chi connectivity index (χ0v) is 14.0. The second-order valence-corrected chi connectivity index (χ2v) is 6.77. The van der Waals surface area contributed by atoms with E-state index in [1.165, 1.54) is 24.8 Å². The highest BCUT2D eigenvalue weighted by Crippen LogP contribution is 2.21. The van der Waals surface area contributed by atoms with Crippen molar-refractivity contribution in [2.75, 3.05) is 32.7 Å². The van der Waals surface area contributed by atoms with E-state index in [0.717, 1.165) is 45.6 Å². The minimum absolute atomic E-state index is 0.266. The molecule has 1 aromatic rings. The van der Waals surface area contributed by atoms with E-state index in [-0.39, 0.29) is 5.92 Å². The van der Waals surface area contributed by atoms with Gasteiger partial charge in [-0.2, -0.15) is 0 Å². The predicted octanol–water partition coefficient (Wildman–Crippen LogP) is 3.42. The third-order valence-corrected chi connectivity index (χ3v) is 5.08. The first-order valence-electron chi connectivity index (χ1n) is 9.05. The molecule has 3 heteroatoms. The second-order valence-electron chi connectivity index (χ2n) is 6.77. The van der Waals surface area contributed by atoms with Crippen LogP contribution < -0.4 is 0 Å². The van der Waals surface area contributed by atoms with Crippen LogP contribution in [0.1, 0.15) is 37.7 Å². The van der Waals surface area contributed by atoms with E-state index in [2.05, 4.69) is 46.2 Å². The van der Waals surface area contributed by atoms with Gasteiger partial charge in [-0.25, -0.2) is 0 Å². The molecule has 2 heterocycles. The molecule has 0 radical (unpaired) electrons. The van der Waals surface area contributed by atoms with Gasteiger partial charge in [-0.3, -0.25) is 9.69 Å². The number of amides is 1. The molecular weight excluding hydrogens is 284 g/mol. The van der Waals surface area contributed by atoms with E-state index in [1.807, 2.05) is 6.07 Å². The van der Waals surface area contributed by atoms with Crippen LogP contribution in [0.15, 0.2) is 36.4 Å². The maximum absolute atomic E-state index is 12.6. The van der Waals surface area contributed by atoms with Crippen LogP contribution in [0.3, 0.4) is 0 Å². The van der Waals surface area contributed by atoms with Gasteiger partial charge < -0.3 is 4.90 Å². The van der Waals surface area contributed by atoms with Crippen LogP contribution in [0.4, 0.5) is 0 Å². The van der Waals surface area contributed by atoms with E-state index in [1.54, 1.807) is 0 Å². The maximum Gasteiger partial charge on any atom is 0.225 e. The van der Waals surface area contributed by atoms with Gasteiger partial charge in [0.05, 0.1) is 0 Å². The molecule has 2 fully saturated rings. The zero-order valence-electron chi connectivity index (χ0n) is 14.0. The number of hydrogen-bond donors (Lipinski definition) is 0. The van der Waals surface area contributed by atoms with Crippen LogP contribution in [0.2, 0.25) is 0 Å². The number of carbonyl (C=O) groups is 1. The Morgan fingerprint density at radius 2 is 1.70 bits per heavy atom. The summed E-state index contributed by atoms with van der Waals surface area (Å²) in [5, 5.41) is 0. The second kappa shape index (κ2) is 8.30. The van der Waals surface area contributed by atoms with Gasteiger partial charge in [0.25, 0.3) is 0 Å². The highest BCUT2D eigenvalue weighted by Gasteiger charge is 2.28. The van der Waals surface area contributed by atoms with Crippen LogP contribution in [-0.2, 0) is 4.79 Å². The Morgan fingerprint density at radius 3 is 2.39 bits per heavy atom. The van der Waals surface area contributed by atoms with Gasteiger partial charge in [0.2, 0.25) is 5.91 Å². The zero-order chi connectivity index (χ0) is 15.9. The van der Waals surface area contributed by atoms with Crippen molar-refractivity contribution in [1.29, 1.82) is 0 Å². The van der Waals surface area contributed by atoms with Crippen molar-refractivity contribution in [3.8, 4) is 0 Å². The SMILES string of the molecule is O=C(C1CCN(C/C=C/c2ccccc2)CC1)N1CCCCC1. The van der Waals surface area contributed by atoms with Gasteiger partial charge in [0.15, 0.2) is 0 Å². The van der Waals surface area contributed by atoms with E-state index in [9.17, 15) is 4.79 Å². The summed E-state index contributed by atoms with van der Waals surface area (Å²) in [4.78, 5) is 17.1. The average Bonchev–Trinajstić information content (AvgIpc) is 2.63. The number of nitrogens with zero attached hydrogens (tertiary/aromatic N) is 2. The summed E-state index contributed by atoms with van der Waals surface area (Å²) >= 11 is 0. The summed E-state index contributed by atoms with van der Waals surface area (Å²) in [6, 6.07) is 10.4. The number of carbonyl (C=O) groups excluding carboxylic acids is 1. The molecule has 2 saturated heterocycles. The van der Waals surface area contributed by atoms with Gasteiger partial charge in [-0.1, -0.05) is 42.5 Å². The summed E-state index contributed by atoms with van der Waals surface area (Å²) in [5.41, 5.74) is 1.25. The fraction of sp³-hybridized carbons (Fsp3) is 0.550. The van der Waals surface area contributed by atoms with E-state index in [0.29, 0.717) is 5.91 Å². The minimum atomic E-state index is 0.266. The maximum atomic E-state index is 12.6. The van der Waals surface area contributed by atoms with Crippen LogP contribution in [0, 0.1) is 5.92 Å². The molecule has 0 atom stereocenters. The van der Waals surface area contributed by atoms with Gasteiger partial charge in [-0.15, -0.1) is 0 Å². The molecule has 3 rings (SSSR count). The molecule has 2 aliphatic heterocycles. The number of rotatable bonds is 4. The molecule has 3 nitrogen and oxygen atoms in total. The van der Waals surface area contributed by atoms with Crippen LogP contribution >= 0.6 is 0 Å². The quantitative estimate of drug-likeness (QED) is 0.850. The Bertz CT molecular complexity index is 512. The first kappa shape index (κ1) is 16.3. The number of piperidine rings is 2. The van der Waals surface area contributed by atoms with Crippen LogP contribution in [-0.4, -0.2) is 48.4 Å². The fourth-order valence-electron chi connectivity index (χ4n) is 3.64. The predicted molar refractivity (Wildman–Crippen MR) is 95.1 cm³/mol. The first-order chi connectivity index (χ1) is 11.3. The highest BCUT2D eigenvalue weighted by atomic mass is 16.2. The summed E-state index contributed by atoms with van der Waals surface area (Å²) in [7, 11) is 0. The number of likely N-dealkylation sites (tertiary alicyclic amines) is 2. The molecule has 0 N–H and O–H groups in total. The van der Waals surface area contributed by atoms with Crippen LogP contribution in [0.25, 0.3) is 6.08 Å². The molecule has 23 heavy (non-hydrogen) atoms. The summed E-state index contributed by atoms with van der Waals surface area (Å²) in [6.07, 6.45) is 10.1. The number of hydrogen-bond acceptors (Lipinski definition) is 2. The molecule has 0 aromatic heterocycles. The molecule has 0 aliphatic carbocycles. The molecule has 0 bridgehead atoms. The minimum Gasteiger partial charge on any atom is -0.342 e. The van der Waals surface area contributed by atoms with Crippen molar-refractivity contribution in [2.45, 2.75) is 32.1 Å². The van der Waals surface area contributed by atoms with Crippen molar-refractivity contribution in [1.82, 2.24) is 9.80 Å². The molecule has 0 spiro atoms. The largest absolute Gasteiger partial charge is 0.342 e. The molecule has 1 aromatic carbocycles. The Morgan fingerprint density at radius 1 is 1.00 bits per heavy atom. The molecule has 1 amide bonds. The highest BCUT2D eigenvalue weighted by molar-refractivity contribution is 5.79. The molecule has 0 unspecified atom stereocenters. The van der Waals surface area contributed by atoms with Gasteiger partial charge in [0, 0.05) is 25.6 Å². The van der Waals surface area contributed by atoms with Crippen molar-refractivity contribution < 1.29 is 4.79 Å². The van der Waals surface area contributed by atoms with E-state index < -0.39 is 0 Å². The van der Waals surface area contributed by atoms with Gasteiger partial charge in [-0.05, 0) is 50.8 Å². The number of benzene rings is 1. The lowest BCUT2D eigenvalue weighted by molar-refractivity contribution is -0.137. The molecular formula is C20H28N2O. The third-order valence-electron chi connectivity index (χ3n) is 5.08. The summed E-state index contributed by atoms with van der Waals surface area (Å²) < 4.78 is 0. The Balaban J connectivity index is 1.41. The van der Waals surface area contributed by atoms with Gasteiger partial charge in [0.1, 0.15) is 0 Å². The topological polar surface area (TPSA) is 23.6 Å². The fourth-order valence-corrected chi connectivity index (χ4v) is 3.64. The molecule has 0 saturated carbocycles. The lowest BCUT2D eigenvalue weighted by Crippen LogP contribution is -2.44. The van der Waals surface area contributed by atoms with Crippen LogP contribution in [0.5, 0.6) is 0 Å². The van der Waals surface area contributed by atoms with Crippen molar-refractivity contribution >= 4 is 12.0 Å². The summed E-state index contributed by atoms with van der Waals surface area (Å²) in [6.45, 7) is 5.05. The molecule has 124 valence electrons. The van der Waals surface area contributed by atoms with E-state index >= 15 is 0 Å².